The van der Waals surface area contributed by atoms with E-state index in [-0.39, 0.29) is 31.1 Å². The molecule has 0 fully saturated rings. The molecule has 0 rings (SSSR count). The highest BCUT2D eigenvalue weighted by Gasteiger charge is 2.09. The molecule has 0 heterocycles. The fraction of sp³-hybridized carbons (Fsp3) is 0.444. The molecule has 0 aromatic carbocycles. The Labute approximate surface area is 133 Å². The molecule has 0 aromatic heterocycles. The van der Waals surface area contributed by atoms with E-state index >= 15 is 0 Å². The lowest BCUT2D eigenvalue weighted by atomic mass is 10.2. The number of hydrogen-bond donors (Lipinski definition) is 0. The summed E-state index contributed by atoms with van der Waals surface area (Å²) in [6, 6.07) is 0. The fourth-order valence-corrected chi connectivity index (χ4v) is 1.24. The summed E-state index contributed by atoms with van der Waals surface area (Å²) < 4.78 is 9.54. The molecular formula is C18H26O4. The van der Waals surface area contributed by atoms with Crippen LogP contribution in [0.3, 0.4) is 0 Å². The lowest BCUT2D eigenvalue weighted by Crippen LogP contribution is -2.16. The largest absolute Gasteiger partial charge is 0.428 e. The Bertz CT molecular complexity index is 428. The van der Waals surface area contributed by atoms with Gasteiger partial charge in [-0.3, -0.25) is 9.59 Å². The second-order valence-corrected chi connectivity index (χ2v) is 4.83. The van der Waals surface area contributed by atoms with Crippen molar-refractivity contribution in [3.8, 4) is 0 Å². The molecular weight excluding hydrogens is 280 g/mol. The Morgan fingerprint density at radius 1 is 0.909 bits per heavy atom. The maximum Gasteiger partial charge on any atom is 0.311 e. The number of rotatable bonds is 10. The Morgan fingerprint density at radius 2 is 1.50 bits per heavy atom. The normalized spacial score (nSPS) is 12.2. The predicted octanol–water partition coefficient (Wildman–Crippen LogP) is 4.10. The number of ether oxygens (including phenoxy) is 2. The molecule has 0 radical (unpaired) electrons. The van der Waals surface area contributed by atoms with E-state index in [1.54, 1.807) is 13.8 Å². The van der Waals surface area contributed by atoms with Crippen molar-refractivity contribution in [2.75, 3.05) is 6.79 Å². The molecule has 0 saturated carbocycles. The first kappa shape index (κ1) is 19.9. The monoisotopic (exact) mass is 306 g/mol. The van der Waals surface area contributed by atoms with E-state index in [0.29, 0.717) is 6.42 Å². The zero-order valence-electron chi connectivity index (χ0n) is 13.7. The molecule has 0 N–H and O–H groups in total. The molecule has 0 saturated heterocycles. The molecule has 22 heavy (non-hydrogen) atoms. The molecule has 0 amide bonds. The Hall–Kier alpha value is -2.10. The maximum absolute atomic E-state index is 11.3. The predicted molar refractivity (Wildman–Crippen MR) is 88.0 cm³/mol. The zero-order chi connectivity index (χ0) is 16.6. The summed E-state index contributed by atoms with van der Waals surface area (Å²) in [4.78, 5) is 22.5. The van der Waals surface area contributed by atoms with E-state index in [1.165, 1.54) is 0 Å². The van der Waals surface area contributed by atoms with Crippen molar-refractivity contribution < 1.29 is 19.1 Å². The van der Waals surface area contributed by atoms with Crippen molar-refractivity contribution in [3.05, 3.63) is 48.6 Å². The number of carbonyl (C=O) groups is 2. The summed E-state index contributed by atoms with van der Waals surface area (Å²) >= 11 is 0. The molecule has 122 valence electrons. The van der Waals surface area contributed by atoms with Crippen LogP contribution in [0.5, 0.6) is 0 Å². The van der Waals surface area contributed by atoms with Crippen LogP contribution < -0.4 is 0 Å². The third-order valence-electron chi connectivity index (χ3n) is 2.47. The fourth-order valence-electron chi connectivity index (χ4n) is 1.24. The lowest BCUT2D eigenvalue weighted by molar-refractivity contribution is -0.169. The van der Waals surface area contributed by atoms with Gasteiger partial charge < -0.3 is 9.47 Å². The summed E-state index contributed by atoms with van der Waals surface area (Å²) in [5.41, 5.74) is 0. The molecule has 0 aliphatic heterocycles. The van der Waals surface area contributed by atoms with Crippen LogP contribution in [0.2, 0.25) is 0 Å². The summed E-state index contributed by atoms with van der Waals surface area (Å²) in [6.45, 7) is 5.22. The third-order valence-corrected chi connectivity index (χ3v) is 2.47. The van der Waals surface area contributed by atoms with Crippen LogP contribution in [0.15, 0.2) is 48.6 Å². The minimum Gasteiger partial charge on any atom is -0.428 e. The van der Waals surface area contributed by atoms with Gasteiger partial charge in [-0.1, -0.05) is 69.4 Å². The highest BCUT2D eigenvalue weighted by atomic mass is 16.7. The van der Waals surface area contributed by atoms with E-state index in [1.807, 2.05) is 42.5 Å². The van der Waals surface area contributed by atoms with Gasteiger partial charge in [0.05, 0.1) is 5.92 Å². The molecule has 0 aromatic rings. The van der Waals surface area contributed by atoms with Gasteiger partial charge in [0.25, 0.3) is 0 Å². The Morgan fingerprint density at radius 3 is 2.09 bits per heavy atom. The highest BCUT2D eigenvalue weighted by Crippen LogP contribution is 1.98. The maximum atomic E-state index is 11.3. The van der Waals surface area contributed by atoms with Gasteiger partial charge in [-0.2, -0.15) is 0 Å². The minimum atomic E-state index is -0.380. The molecule has 0 spiro atoms. The van der Waals surface area contributed by atoms with Crippen LogP contribution in [-0.4, -0.2) is 18.7 Å². The average Bonchev–Trinajstić information content (AvgIpc) is 2.49. The SMILES string of the molecule is CCC=CC=CC=CC=CCCC(=O)OCOC(=O)C(C)C. The first-order chi connectivity index (χ1) is 10.6. The molecule has 0 unspecified atom stereocenters. The van der Waals surface area contributed by atoms with Gasteiger partial charge in [0.1, 0.15) is 0 Å². The summed E-state index contributed by atoms with van der Waals surface area (Å²) in [6.07, 6.45) is 17.4. The van der Waals surface area contributed by atoms with E-state index in [2.05, 4.69) is 13.0 Å². The van der Waals surface area contributed by atoms with Gasteiger partial charge >= 0.3 is 11.9 Å². The number of carbonyl (C=O) groups excluding carboxylic acids is 2. The summed E-state index contributed by atoms with van der Waals surface area (Å²) in [5, 5.41) is 0. The van der Waals surface area contributed by atoms with Crippen LogP contribution in [-0.2, 0) is 19.1 Å². The minimum absolute atomic E-state index is 0.222. The second kappa shape index (κ2) is 13.9. The molecule has 4 heteroatoms. The van der Waals surface area contributed by atoms with Crippen LogP contribution in [0, 0.1) is 5.92 Å². The Balaban J connectivity index is 3.69. The summed E-state index contributed by atoms with van der Waals surface area (Å²) in [7, 11) is 0. The van der Waals surface area contributed by atoms with Crippen molar-refractivity contribution in [3.63, 3.8) is 0 Å². The average molecular weight is 306 g/mol. The summed E-state index contributed by atoms with van der Waals surface area (Å²) in [5.74, 6) is -0.977. The number of hydrogen-bond acceptors (Lipinski definition) is 4. The first-order valence-electron chi connectivity index (χ1n) is 7.55. The van der Waals surface area contributed by atoms with Crippen molar-refractivity contribution in [2.24, 2.45) is 5.92 Å². The molecule has 0 atom stereocenters. The topological polar surface area (TPSA) is 52.6 Å². The Kier molecular flexibility index (Phi) is 12.5. The van der Waals surface area contributed by atoms with Crippen LogP contribution >= 0.6 is 0 Å². The van der Waals surface area contributed by atoms with Crippen LogP contribution in [0.1, 0.15) is 40.0 Å². The van der Waals surface area contributed by atoms with Crippen molar-refractivity contribution in [1.82, 2.24) is 0 Å². The zero-order valence-corrected chi connectivity index (χ0v) is 13.7. The molecule has 0 bridgehead atoms. The van der Waals surface area contributed by atoms with E-state index in [0.717, 1.165) is 6.42 Å². The number of esters is 2. The first-order valence-corrected chi connectivity index (χ1v) is 7.55. The smallest absolute Gasteiger partial charge is 0.311 e. The van der Waals surface area contributed by atoms with E-state index in [4.69, 9.17) is 9.47 Å². The quantitative estimate of drug-likeness (QED) is 0.346. The van der Waals surface area contributed by atoms with Gasteiger partial charge in [0.2, 0.25) is 6.79 Å². The third kappa shape index (κ3) is 12.9. The van der Waals surface area contributed by atoms with Crippen LogP contribution in [0.4, 0.5) is 0 Å². The molecule has 0 aliphatic rings. The standard InChI is InChI=1S/C18H26O4/c1-4-5-6-7-8-9-10-11-12-13-14-17(19)21-15-22-18(20)16(2)3/h5-12,16H,4,13-15H2,1-3H3. The van der Waals surface area contributed by atoms with E-state index < -0.39 is 0 Å². The van der Waals surface area contributed by atoms with Gasteiger partial charge in [-0.05, 0) is 12.8 Å². The highest BCUT2D eigenvalue weighted by molar-refractivity contribution is 5.72. The molecule has 0 aliphatic carbocycles. The second-order valence-electron chi connectivity index (χ2n) is 4.83. The van der Waals surface area contributed by atoms with Crippen molar-refractivity contribution >= 4 is 11.9 Å². The number of allylic oxidation sites excluding steroid dienone is 8. The van der Waals surface area contributed by atoms with Crippen molar-refractivity contribution in [1.29, 1.82) is 0 Å². The van der Waals surface area contributed by atoms with Gasteiger partial charge in [0, 0.05) is 6.42 Å². The molecule has 4 nitrogen and oxygen atoms in total. The lowest BCUT2D eigenvalue weighted by Gasteiger charge is -2.07. The van der Waals surface area contributed by atoms with Gasteiger partial charge in [-0.25, -0.2) is 0 Å². The van der Waals surface area contributed by atoms with Crippen LogP contribution in [0.25, 0.3) is 0 Å². The van der Waals surface area contributed by atoms with Crippen molar-refractivity contribution in [2.45, 2.75) is 40.0 Å². The van der Waals surface area contributed by atoms with Gasteiger partial charge in [0.15, 0.2) is 0 Å². The van der Waals surface area contributed by atoms with Gasteiger partial charge in [-0.15, -0.1) is 0 Å². The van der Waals surface area contributed by atoms with E-state index in [9.17, 15) is 9.59 Å².